The van der Waals surface area contributed by atoms with Gasteiger partial charge in [0.15, 0.2) is 5.82 Å². The maximum Gasteiger partial charge on any atom is 0.239 e. The highest BCUT2D eigenvalue weighted by Gasteiger charge is 2.16. The number of hydrogen-bond donors (Lipinski definition) is 5. The summed E-state index contributed by atoms with van der Waals surface area (Å²) >= 11 is 0. The number of benzene rings is 3. The Labute approximate surface area is 185 Å². The molecule has 4 rings (SSSR count). The SMILES string of the molecule is NNc1nc(NN)c2cc(NCCc3ccc(S(=O)(=O)c4ccccc4)cc3)ccc2n1. The Balaban J connectivity index is 1.43. The predicted molar refractivity (Wildman–Crippen MR) is 126 cm³/mol. The standard InChI is InChI=1S/C22H23N7O2S/c23-28-21-19-14-16(8-11-20(19)26-22(27-21)29-24)25-13-12-15-6-9-18(10-7-15)32(30,31)17-4-2-1-3-5-17/h1-11,14,25H,12-13,23-24H2,(H2,26,27,28,29). The van der Waals surface area contributed by atoms with Crippen LogP contribution in [0.5, 0.6) is 0 Å². The predicted octanol–water partition coefficient (Wildman–Crippen LogP) is 2.69. The molecule has 4 aromatic rings. The third kappa shape index (κ3) is 4.47. The van der Waals surface area contributed by atoms with Crippen molar-refractivity contribution in [1.29, 1.82) is 0 Å². The second-order valence-corrected chi connectivity index (χ2v) is 9.00. The minimum atomic E-state index is -3.51. The van der Waals surface area contributed by atoms with Crippen LogP contribution < -0.4 is 27.9 Å². The molecule has 0 aliphatic carbocycles. The van der Waals surface area contributed by atoms with Gasteiger partial charge in [0.1, 0.15) is 0 Å². The number of hydrogen-bond acceptors (Lipinski definition) is 9. The summed E-state index contributed by atoms with van der Waals surface area (Å²) in [7, 11) is -3.51. The number of nitrogens with one attached hydrogen (secondary N) is 3. The van der Waals surface area contributed by atoms with Gasteiger partial charge in [0.2, 0.25) is 15.8 Å². The number of nitrogens with two attached hydrogens (primary N) is 2. The van der Waals surface area contributed by atoms with Gasteiger partial charge in [-0.1, -0.05) is 30.3 Å². The minimum Gasteiger partial charge on any atom is -0.385 e. The first-order valence-electron chi connectivity index (χ1n) is 9.89. The Bertz CT molecular complexity index is 1330. The van der Waals surface area contributed by atoms with Crippen molar-refractivity contribution < 1.29 is 8.42 Å². The van der Waals surface area contributed by atoms with Gasteiger partial charge in [0.25, 0.3) is 0 Å². The van der Waals surface area contributed by atoms with E-state index in [0.29, 0.717) is 17.9 Å². The number of nitrogens with zero attached hydrogens (tertiary/aromatic N) is 2. The molecule has 1 heterocycles. The molecule has 0 radical (unpaired) electrons. The molecule has 10 heteroatoms. The van der Waals surface area contributed by atoms with E-state index in [1.807, 2.05) is 30.3 Å². The number of aromatic nitrogens is 2. The molecule has 164 valence electrons. The van der Waals surface area contributed by atoms with E-state index in [9.17, 15) is 8.42 Å². The van der Waals surface area contributed by atoms with E-state index in [2.05, 4.69) is 26.1 Å². The molecule has 3 aromatic carbocycles. The van der Waals surface area contributed by atoms with Crippen LogP contribution in [0.15, 0.2) is 82.6 Å². The zero-order valence-corrected chi connectivity index (χ0v) is 17.9. The van der Waals surface area contributed by atoms with Crippen molar-refractivity contribution in [2.75, 3.05) is 22.7 Å². The molecule has 1 aromatic heterocycles. The van der Waals surface area contributed by atoms with Crippen LogP contribution in [-0.2, 0) is 16.3 Å². The zero-order chi connectivity index (χ0) is 22.6. The average Bonchev–Trinajstić information content (AvgIpc) is 2.84. The second kappa shape index (κ2) is 9.18. The van der Waals surface area contributed by atoms with Crippen LogP contribution in [0.25, 0.3) is 10.9 Å². The van der Waals surface area contributed by atoms with Crippen LogP contribution in [0, 0.1) is 0 Å². The van der Waals surface area contributed by atoms with E-state index < -0.39 is 9.84 Å². The third-order valence-electron chi connectivity index (χ3n) is 4.99. The van der Waals surface area contributed by atoms with Gasteiger partial charge >= 0.3 is 0 Å². The van der Waals surface area contributed by atoms with Crippen LogP contribution >= 0.6 is 0 Å². The molecule has 0 spiro atoms. The average molecular weight is 450 g/mol. The number of fused-ring (bicyclic) bond motifs is 1. The Morgan fingerprint density at radius 1 is 0.812 bits per heavy atom. The van der Waals surface area contributed by atoms with Crippen LogP contribution in [0.2, 0.25) is 0 Å². The van der Waals surface area contributed by atoms with Gasteiger partial charge in [0, 0.05) is 17.6 Å². The highest BCUT2D eigenvalue weighted by atomic mass is 32.2. The fraction of sp³-hybridized carbons (Fsp3) is 0.0909. The van der Waals surface area contributed by atoms with Gasteiger partial charge in [-0.2, -0.15) is 4.98 Å². The largest absolute Gasteiger partial charge is 0.385 e. The van der Waals surface area contributed by atoms with Crippen LogP contribution in [0.3, 0.4) is 0 Å². The number of rotatable bonds is 8. The van der Waals surface area contributed by atoms with Crippen LogP contribution in [-0.4, -0.2) is 24.9 Å². The lowest BCUT2D eigenvalue weighted by Gasteiger charge is -2.11. The fourth-order valence-corrected chi connectivity index (χ4v) is 4.62. The Morgan fingerprint density at radius 3 is 2.22 bits per heavy atom. The van der Waals surface area contributed by atoms with Gasteiger partial charge in [-0.25, -0.2) is 25.1 Å². The molecule has 0 saturated heterocycles. The van der Waals surface area contributed by atoms with E-state index in [1.165, 1.54) is 0 Å². The van der Waals surface area contributed by atoms with Gasteiger partial charge in [-0.15, -0.1) is 0 Å². The lowest BCUT2D eigenvalue weighted by Crippen LogP contribution is -2.15. The number of nitrogen functional groups attached to an aromatic ring is 2. The van der Waals surface area contributed by atoms with E-state index in [-0.39, 0.29) is 15.7 Å². The summed E-state index contributed by atoms with van der Waals surface area (Å²) in [5.74, 6) is 11.7. The summed E-state index contributed by atoms with van der Waals surface area (Å²) in [4.78, 5) is 9.07. The van der Waals surface area contributed by atoms with E-state index >= 15 is 0 Å². The maximum atomic E-state index is 12.7. The first kappa shape index (κ1) is 21.5. The number of anilines is 3. The quantitative estimate of drug-likeness (QED) is 0.202. The molecular formula is C22H23N7O2S. The van der Waals surface area contributed by atoms with Gasteiger partial charge in [0.05, 0.1) is 15.3 Å². The summed E-state index contributed by atoms with van der Waals surface area (Å²) < 4.78 is 25.4. The normalized spacial score (nSPS) is 11.3. The number of hydrazine groups is 2. The zero-order valence-electron chi connectivity index (χ0n) is 17.1. The lowest BCUT2D eigenvalue weighted by atomic mass is 10.1. The molecular weight excluding hydrogens is 426 g/mol. The van der Waals surface area contributed by atoms with Crippen molar-refractivity contribution in [2.45, 2.75) is 16.2 Å². The monoisotopic (exact) mass is 449 g/mol. The molecule has 0 aliphatic heterocycles. The van der Waals surface area contributed by atoms with Crippen molar-refractivity contribution in [1.82, 2.24) is 9.97 Å². The van der Waals surface area contributed by atoms with Gasteiger partial charge in [-0.3, -0.25) is 5.43 Å². The first-order valence-corrected chi connectivity index (χ1v) is 11.4. The highest BCUT2D eigenvalue weighted by molar-refractivity contribution is 7.91. The Hall–Kier alpha value is -3.73. The molecule has 9 nitrogen and oxygen atoms in total. The highest BCUT2D eigenvalue weighted by Crippen LogP contribution is 2.25. The molecule has 32 heavy (non-hydrogen) atoms. The molecule has 0 unspecified atom stereocenters. The smallest absolute Gasteiger partial charge is 0.239 e. The summed E-state index contributed by atoms with van der Waals surface area (Å²) in [5.41, 5.74) is 7.58. The summed E-state index contributed by atoms with van der Waals surface area (Å²) in [5, 5.41) is 4.11. The van der Waals surface area contributed by atoms with E-state index in [0.717, 1.165) is 23.1 Å². The first-order chi connectivity index (χ1) is 15.5. The molecule has 0 amide bonds. The molecule has 0 bridgehead atoms. The Kier molecular flexibility index (Phi) is 6.17. The molecule has 0 aliphatic rings. The summed E-state index contributed by atoms with van der Waals surface area (Å²) in [6.45, 7) is 0.658. The fourth-order valence-electron chi connectivity index (χ4n) is 3.34. The number of sulfone groups is 1. The molecule has 0 fully saturated rings. The van der Waals surface area contributed by atoms with Crippen molar-refractivity contribution in [3.63, 3.8) is 0 Å². The summed E-state index contributed by atoms with van der Waals surface area (Å²) in [6.07, 6.45) is 0.720. The van der Waals surface area contributed by atoms with Crippen LogP contribution in [0.1, 0.15) is 5.56 Å². The molecule has 0 atom stereocenters. The van der Waals surface area contributed by atoms with Crippen molar-refractivity contribution in [3.05, 3.63) is 78.4 Å². The van der Waals surface area contributed by atoms with Gasteiger partial charge < -0.3 is 10.7 Å². The van der Waals surface area contributed by atoms with Crippen LogP contribution in [0.4, 0.5) is 17.5 Å². The molecule has 0 saturated carbocycles. The van der Waals surface area contributed by atoms with Crippen molar-refractivity contribution in [3.8, 4) is 0 Å². The topological polar surface area (TPSA) is 148 Å². The third-order valence-corrected chi connectivity index (χ3v) is 6.78. The summed E-state index contributed by atoms with van der Waals surface area (Å²) in [6, 6.07) is 21.0. The lowest BCUT2D eigenvalue weighted by molar-refractivity contribution is 0.596. The van der Waals surface area contributed by atoms with Crippen molar-refractivity contribution in [2.24, 2.45) is 11.7 Å². The van der Waals surface area contributed by atoms with E-state index in [4.69, 9.17) is 11.7 Å². The van der Waals surface area contributed by atoms with Gasteiger partial charge in [-0.05, 0) is 54.4 Å². The maximum absolute atomic E-state index is 12.7. The molecule has 7 N–H and O–H groups in total. The van der Waals surface area contributed by atoms with E-state index in [1.54, 1.807) is 42.5 Å². The van der Waals surface area contributed by atoms with Crippen molar-refractivity contribution >= 4 is 38.2 Å². The minimum absolute atomic E-state index is 0.267. The second-order valence-electron chi connectivity index (χ2n) is 7.05. The Morgan fingerprint density at radius 2 is 1.53 bits per heavy atom.